The molecule has 0 aromatic heterocycles. The number of hydrogen-bond acceptors (Lipinski definition) is 6. The SMILES string of the molecule is CCOc1cc(C(=N)N(C)C)ccc1C1=NOC(CNC(=O)C2=CCC(Cl)S2)C1. The number of oxime groups is 1. The molecule has 2 aliphatic heterocycles. The molecule has 9 heteroatoms. The summed E-state index contributed by atoms with van der Waals surface area (Å²) >= 11 is 7.39. The van der Waals surface area contributed by atoms with E-state index in [0.717, 1.165) is 16.8 Å². The number of amidine groups is 1. The molecule has 2 aliphatic rings. The van der Waals surface area contributed by atoms with Gasteiger partial charge in [0.2, 0.25) is 0 Å². The van der Waals surface area contributed by atoms with Crippen molar-refractivity contribution < 1.29 is 14.4 Å². The van der Waals surface area contributed by atoms with Crippen LogP contribution in [-0.4, -0.2) is 60.4 Å². The van der Waals surface area contributed by atoms with Crippen molar-refractivity contribution in [2.45, 2.75) is 30.6 Å². The van der Waals surface area contributed by atoms with Crippen LogP contribution in [0.15, 0.2) is 34.3 Å². The summed E-state index contributed by atoms with van der Waals surface area (Å²) in [6.45, 7) is 2.79. The Hall–Kier alpha value is -2.19. The van der Waals surface area contributed by atoms with Crippen LogP contribution in [-0.2, 0) is 9.63 Å². The van der Waals surface area contributed by atoms with Crippen LogP contribution in [0.5, 0.6) is 5.75 Å². The summed E-state index contributed by atoms with van der Waals surface area (Å²) < 4.78 is 5.72. The number of allylic oxidation sites excluding steroid dienone is 1. The Morgan fingerprint density at radius 3 is 2.93 bits per heavy atom. The number of hydrogen-bond donors (Lipinski definition) is 2. The predicted molar refractivity (Wildman–Crippen MR) is 117 cm³/mol. The molecule has 2 atom stereocenters. The molecular weight excluding hydrogens is 412 g/mol. The van der Waals surface area contributed by atoms with Crippen LogP contribution in [0.1, 0.15) is 30.9 Å². The third-order valence-corrected chi connectivity index (χ3v) is 6.00. The van der Waals surface area contributed by atoms with Crippen molar-refractivity contribution in [3.63, 3.8) is 0 Å². The fraction of sp³-hybridized carbons (Fsp3) is 0.450. The molecule has 0 aliphatic carbocycles. The summed E-state index contributed by atoms with van der Waals surface area (Å²) in [5.74, 6) is 0.946. The average Bonchev–Trinajstić information content (AvgIpc) is 3.35. The minimum absolute atomic E-state index is 0.0673. The number of nitrogens with one attached hydrogen (secondary N) is 2. The van der Waals surface area contributed by atoms with E-state index in [9.17, 15) is 4.79 Å². The molecular formula is C20H25ClN4O3S. The maximum absolute atomic E-state index is 12.2. The lowest BCUT2D eigenvalue weighted by Crippen LogP contribution is -2.32. The second kappa shape index (κ2) is 9.54. The van der Waals surface area contributed by atoms with Gasteiger partial charge in [-0.25, -0.2) is 0 Å². The Bertz CT molecular complexity index is 856. The predicted octanol–water partition coefficient (Wildman–Crippen LogP) is 3.17. The number of carbonyl (C=O) groups is 1. The van der Waals surface area contributed by atoms with Gasteiger partial charge in [0.15, 0.2) is 0 Å². The second-order valence-corrected chi connectivity index (χ2v) is 8.93. The number of amides is 1. The summed E-state index contributed by atoms with van der Waals surface area (Å²) in [5.41, 5.74) is 2.38. The van der Waals surface area contributed by atoms with Crippen LogP contribution in [0.2, 0.25) is 0 Å². The third-order valence-electron chi connectivity index (χ3n) is 4.50. The minimum Gasteiger partial charge on any atom is -0.493 e. The normalized spacial score (nSPS) is 20.6. The zero-order valence-electron chi connectivity index (χ0n) is 16.7. The summed E-state index contributed by atoms with van der Waals surface area (Å²) in [5, 5.41) is 15.3. The van der Waals surface area contributed by atoms with Gasteiger partial charge in [-0.3, -0.25) is 10.2 Å². The lowest BCUT2D eigenvalue weighted by Gasteiger charge is -2.16. The molecule has 2 heterocycles. The highest BCUT2D eigenvalue weighted by Gasteiger charge is 2.27. The van der Waals surface area contributed by atoms with Gasteiger partial charge in [-0.15, -0.1) is 23.4 Å². The van der Waals surface area contributed by atoms with E-state index >= 15 is 0 Å². The maximum Gasteiger partial charge on any atom is 0.257 e. The number of alkyl halides is 1. The van der Waals surface area contributed by atoms with Crippen molar-refractivity contribution in [3.8, 4) is 5.75 Å². The van der Waals surface area contributed by atoms with Gasteiger partial charge >= 0.3 is 0 Å². The molecule has 29 heavy (non-hydrogen) atoms. The van der Waals surface area contributed by atoms with Crippen molar-refractivity contribution in [1.29, 1.82) is 5.41 Å². The molecule has 7 nitrogen and oxygen atoms in total. The number of carbonyl (C=O) groups excluding carboxylic acids is 1. The number of thioether (sulfide) groups is 1. The number of halogens is 1. The topological polar surface area (TPSA) is 87.0 Å². The fourth-order valence-electron chi connectivity index (χ4n) is 3.01. The Morgan fingerprint density at radius 1 is 1.48 bits per heavy atom. The lowest BCUT2D eigenvalue weighted by atomic mass is 10.0. The molecule has 0 fully saturated rings. The summed E-state index contributed by atoms with van der Waals surface area (Å²) in [4.78, 5) is 20.1. The first kappa shape index (κ1) is 21.5. The first-order valence-corrected chi connectivity index (χ1v) is 10.8. The van der Waals surface area contributed by atoms with Crippen LogP contribution in [0.4, 0.5) is 0 Å². The van der Waals surface area contributed by atoms with E-state index in [4.69, 9.17) is 26.6 Å². The molecule has 1 amide bonds. The van der Waals surface area contributed by atoms with Gasteiger partial charge in [0.05, 0.1) is 28.5 Å². The molecule has 0 bridgehead atoms. The van der Waals surface area contributed by atoms with E-state index in [1.54, 1.807) is 4.90 Å². The van der Waals surface area contributed by atoms with Crippen LogP contribution < -0.4 is 10.1 Å². The minimum atomic E-state index is -0.234. The standard InChI is InChI=1S/C20H25ClN4O3S/c1-4-27-16-9-12(19(22)25(2)3)5-6-14(16)15-10-13(28-24-15)11-23-20(26)17-7-8-18(21)29-17/h5-7,9,13,18,22H,4,8,10-11H2,1-3H3,(H,23,26). The highest BCUT2D eigenvalue weighted by Crippen LogP contribution is 2.34. The zero-order chi connectivity index (χ0) is 21.0. The van der Waals surface area contributed by atoms with Crippen molar-refractivity contribution in [2.24, 2.45) is 5.16 Å². The van der Waals surface area contributed by atoms with Crippen LogP contribution >= 0.6 is 23.4 Å². The highest BCUT2D eigenvalue weighted by molar-refractivity contribution is 8.05. The molecule has 1 aromatic rings. The molecule has 0 saturated heterocycles. The molecule has 3 rings (SSSR count). The Kier molecular flexibility index (Phi) is 7.08. The molecule has 2 unspecified atom stereocenters. The molecule has 0 saturated carbocycles. The van der Waals surface area contributed by atoms with E-state index in [0.29, 0.717) is 42.5 Å². The number of benzene rings is 1. The monoisotopic (exact) mass is 436 g/mol. The van der Waals surface area contributed by atoms with Crippen molar-refractivity contribution in [3.05, 3.63) is 40.3 Å². The number of ether oxygens (including phenoxy) is 1. The van der Waals surface area contributed by atoms with Crippen molar-refractivity contribution in [2.75, 3.05) is 27.2 Å². The smallest absolute Gasteiger partial charge is 0.257 e. The quantitative estimate of drug-likeness (QED) is 0.389. The van der Waals surface area contributed by atoms with Gasteiger partial charge in [-0.2, -0.15) is 0 Å². The number of nitrogens with zero attached hydrogens (tertiary/aromatic N) is 2. The van der Waals surface area contributed by atoms with E-state index in [-0.39, 0.29) is 16.7 Å². The second-order valence-electron chi connectivity index (χ2n) is 6.90. The summed E-state index contributed by atoms with van der Waals surface area (Å²) in [6.07, 6.45) is 2.89. The molecule has 1 aromatic carbocycles. The van der Waals surface area contributed by atoms with Crippen molar-refractivity contribution in [1.82, 2.24) is 10.2 Å². The van der Waals surface area contributed by atoms with E-state index < -0.39 is 0 Å². The first-order valence-electron chi connectivity index (χ1n) is 9.44. The van der Waals surface area contributed by atoms with Gasteiger partial charge in [0, 0.05) is 31.6 Å². The van der Waals surface area contributed by atoms with Crippen molar-refractivity contribution >= 4 is 40.8 Å². The summed E-state index contributed by atoms with van der Waals surface area (Å²) in [7, 11) is 3.66. The molecule has 0 radical (unpaired) electrons. The average molecular weight is 437 g/mol. The van der Waals surface area contributed by atoms with Gasteiger partial charge in [-0.1, -0.05) is 17.3 Å². The van der Waals surface area contributed by atoms with Gasteiger partial charge in [-0.05, 0) is 25.5 Å². The Labute approximate surface area is 179 Å². The highest BCUT2D eigenvalue weighted by atomic mass is 35.5. The lowest BCUT2D eigenvalue weighted by molar-refractivity contribution is -0.117. The molecule has 0 spiro atoms. The van der Waals surface area contributed by atoms with Gasteiger partial charge in [0.25, 0.3) is 5.91 Å². The van der Waals surface area contributed by atoms with E-state index in [1.165, 1.54) is 11.8 Å². The maximum atomic E-state index is 12.2. The zero-order valence-corrected chi connectivity index (χ0v) is 18.3. The van der Waals surface area contributed by atoms with Crippen LogP contribution in [0.25, 0.3) is 0 Å². The molecule has 156 valence electrons. The van der Waals surface area contributed by atoms with E-state index in [1.807, 2.05) is 45.3 Å². The Balaban J connectivity index is 1.63. The van der Waals surface area contributed by atoms with Crippen LogP contribution in [0, 0.1) is 5.41 Å². The summed E-state index contributed by atoms with van der Waals surface area (Å²) in [6, 6.07) is 5.64. The largest absolute Gasteiger partial charge is 0.493 e. The van der Waals surface area contributed by atoms with Gasteiger partial charge < -0.3 is 19.8 Å². The molecule has 2 N–H and O–H groups in total. The van der Waals surface area contributed by atoms with E-state index in [2.05, 4.69) is 10.5 Å². The van der Waals surface area contributed by atoms with Gasteiger partial charge in [0.1, 0.15) is 17.7 Å². The third kappa shape index (κ3) is 5.25. The Morgan fingerprint density at radius 2 is 2.28 bits per heavy atom. The number of rotatable bonds is 7. The fourth-order valence-corrected chi connectivity index (χ4v) is 4.23. The van der Waals surface area contributed by atoms with Crippen LogP contribution in [0.3, 0.4) is 0 Å². The first-order chi connectivity index (χ1) is 13.9.